The van der Waals surface area contributed by atoms with Gasteiger partial charge in [0.2, 0.25) is 0 Å². The summed E-state index contributed by atoms with van der Waals surface area (Å²) in [7, 11) is 0. The van der Waals surface area contributed by atoms with Gasteiger partial charge in [-0.15, -0.1) is 0 Å². The Morgan fingerprint density at radius 3 is 2.59 bits per heavy atom. The zero-order valence-corrected chi connectivity index (χ0v) is 12.4. The van der Waals surface area contributed by atoms with Gasteiger partial charge in [0.1, 0.15) is 17.2 Å². The number of hydrogen-bond acceptors (Lipinski definition) is 5. The number of carbonyl (C=O) groups excluding carboxylic acids is 1. The van der Waals surface area contributed by atoms with E-state index in [1.165, 1.54) is 18.2 Å². The summed E-state index contributed by atoms with van der Waals surface area (Å²) in [6.45, 7) is 5.11. The van der Waals surface area contributed by atoms with Crippen LogP contribution in [-0.2, 0) is 0 Å². The second kappa shape index (κ2) is 6.21. The fraction of sp³-hybridized carbons (Fsp3) is 0.200. The number of hydrogen-bond donors (Lipinski definition) is 1. The van der Waals surface area contributed by atoms with Gasteiger partial charge in [-0.05, 0) is 39.0 Å². The lowest BCUT2D eigenvalue weighted by molar-refractivity contribution is -0.385. The van der Waals surface area contributed by atoms with Gasteiger partial charge in [-0.3, -0.25) is 14.9 Å². The van der Waals surface area contributed by atoms with Gasteiger partial charge in [-0.2, -0.15) is 5.10 Å². The Hall–Kier alpha value is -2.96. The van der Waals surface area contributed by atoms with Crippen LogP contribution in [0.5, 0.6) is 0 Å². The quantitative estimate of drug-likeness (QED) is 0.533. The SMILES string of the molecule is C/C(=N\NC(=O)c1ccc(C)c([N+](=O)[O-])c1)c1ccc(C)o1. The molecule has 0 aliphatic rings. The highest BCUT2D eigenvalue weighted by molar-refractivity contribution is 5.99. The van der Waals surface area contributed by atoms with E-state index in [0.29, 0.717) is 17.0 Å². The van der Waals surface area contributed by atoms with Crippen LogP contribution in [0.2, 0.25) is 0 Å². The fourth-order valence-electron chi connectivity index (χ4n) is 1.83. The molecule has 0 bridgehead atoms. The number of furan rings is 1. The lowest BCUT2D eigenvalue weighted by Gasteiger charge is -2.03. The minimum atomic E-state index is -0.522. The molecule has 1 N–H and O–H groups in total. The van der Waals surface area contributed by atoms with Gasteiger partial charge in [-0.25, -0.2) is 5.43 Å². The Labute approximate surface area is 126 Å². The van der Waals surface area contributed by atoms with Crippen LogP contribution in [-0.4, -0.2) is 16.5 Å². The molecule has 0 saturated carbocycles. The number of nitro groups is 1. The van der Waals surface area contributed by atoms with Crippen LogP contribution in [0.3, 0.4) is 0 Å². The molecule has 0 aliphatic carbocycles. The van der Waals surface area contributed by atoms with Crippen molar-refractivity contribution in [1.82, 2.24) is 5.43 Å². The number of amides is 1. The summed E-state index contributed by atoms with van der Waals surface area (Å²) in [4.78, 5) is 22.4. The first kappa shape index (κ1) is 15.4. The predicted molar refractivity (Wildman–Crippen MR) is 81.0 cm³/mol. The van der Waals surface area contributed by atoms with Crippen molar-refractivity contribution in [3.63, 3.8) is 0 Å². The zero-order valence-electron chi connectivity index (χ0n) is 12.4. The normalized spacial score (nSPS) is 11.3. The average molecular weight is 301 g/mol. The number of hydrazone groups is 1. The van der Waals surface area contributed by atoms with Crippen LogP contribution < -0.4 is 5.43 Å². The standard InChI is InChI=1S/C15H15N3O4/c1-9-4-6-12(8-13(9)18(20)21)15(19)17-16-11(3)14-7-5-10(2)22-14/h4-8H,1-3H3,(H,17,19)/b16-11+. The molecular weight excluding hydrogens is 286 g/mol. The summed E-state index contributed by atoms with van der Waals surface area (Å²) in [5.74, 6) is 0.767. The van der Waals surface area contributed by atoms with Crippen molar-refractivity contribution in [3.05, 3.63) is 63.1 Å². The van der Waals surface area contributed by atoms with Crippen LogP contribution in [0.4, 0.5) is 5.69 Å². The zero-order chi connectivity index (χ0) is 16.3. The molecule has 0 aliphatic heterocycles. The van der Waals surface area contributed by atoms with Crippen LogP contribution in [0.25, 0.3) is 0 Å². The number of benzene rings is 1. The maximum Gasteiger partial charge on any atom is 0.273 e. The predicted octanol–water partition coefficient (Wildman–Crippen LogP) is 2.96. The summed E-state index contributed by atoms with van der Waals surface area (Å²) >= 11 is 0. The summed E-state index contributed by atoms with van der Waals surface area (Å²) in [5.41, 5.74) is 3.42. The summed E-state index contributed by atoms with van der Waals surface area (Å²) in [5, 5.41) is 14.8. The summed E-state index contributed by atoms with van der Waals surface area (Å²) < 4.78 is 5.38. The number of carbonyl (C=O) groups is 1. The molecule has 1 amide bonds. The Morgan fingerprint density at radius 2 is 2.00 bits per heavy atom. The summed E-state index contributed by atoms with van der Waals surface area (Å²) in [6, 6.07) is 7.81. The molecule has 7 heteroatoms. The first-order chi connectivity index (χ1) is 10.4. The van der Waals surface area contributed by atoms with Crippen molar-refractivity contribution >= 4 is 17.3 Å². The largest absolute Gasteiger partial charge is 0.460 e. The number of nitro benzene ring substituents is 1. The highest BCUT2D eigenvalue weighted by Crippen LogP contribution is 2.19. The fourth-order valence-corrected chi connectivity index (χ4v) is 1.83. The highest BCUT2D eigenvalue weighted by atomic mass is 16.6. The molecule has 1 aromatic carbocycles. The molecule has 0 atom stereocenters. The third-order valence-electron chi connectivity index (χ3n) is 3.09. The van der Waals surface area contributed by atoms with Gasteiger partial charge in [0, 0.05) is 17.2 Å². The van der Waals surface area contributed by atoms with Crippen molar-refractivity contribution < 1.29 is 14.1 Å². The van der Waals surface area contributed by atoms with E-state index in [0.717, 1.165) is 5.76 Å². The number of rotatable bonds is 4. The lowest BCUT2D eigenvalue weighted by atomic mass is 10.1. The van der Waals surface area contributed by atoms with Crippen molar-refractivity contribution in [3.8, 4) is 0 Å². The van der Waals surface area contributed by atoms with Crippen molar-refractivity contribution in [2.24, 2.45) is 5.10 Å². The van der Waals surface area contributed by atoms with E-state index in [4.69, 9.17) is 4.42 Å². The second-order valence-corrected chi connectivity index (χ2v) is 4.81. The van der Waals surface area contributed by atoms with Gasteiger partial charge >= 0.3 is 0 Å². The molecule has 2 aromatic rings. The molecule has 114 valence electrons. The first-order valence-electron chi connectivity index (χ1n) is 6.55. The Bertz CT molecular complexity index is 762. The second-order valence-electron chi connectivity index (χ2n) is 4.81. The monoisotopic (exact) mass is 301 g/mol. The molecule has 1 heterocycles. The number of aryl methyl sites for hydroxylation is 2. The van der Waals surface area contributed by atoms with Gasteiger partial charge < -0.3 is 4.42 Å². The van der Waals surface area contributed by atoms with Gasteiger partial charge in [0.05, 0.1) is 4.92 Å². The molecule has 7 nitrogen and oxygen atoms in total. The van der Waals surface area contributed by atoms with Crippen LogP contribution in [0.1, 0.15) is 34.4 Å². The molecule has 0 fully saturated rings. The maximum atomic E-state index is 12.0. The highest BCUT2D eigenvalue weighted by Gasteiger charge is 2.15. The molecule has 1 aromatic heterocycles. The van der Waals surface area contributed by atoms with Gasteiger partial charge in [-0.1, -0.05) is 6.07 Å². The molecule has 0 unspecified atom stereocenters. The Kier molecular flexibility index (Phi) is 4.36. The average Bonchev–Trinajstić information content (AvgIpc) is 2.91. The van der Waals surface area contributed by atoms with Gasteiger partial charge in [0.15, 0.2) is 0 Å². The lowest BCUT2D eigenvalue weighted by Crippen LogP contribution is -2.19. The first-order valence-corrected chi connectivity index (χ1v) is 6.55. The van der Waals surface area contributed by atoms with Gasteiger partial charge in [0.25, 0.3) is 11.6 Å². The van der Waals surface area contributed by atoms with Crippen LogP contribution in [0.15, 0.2) is 39.9 Å². The molecule has 22 heavy (non-hydrogen) atoms. The molecule has 0 spiro atoms. The van der Waals surface area contributed by atoms with E-state index in [1.807, 2.05) is 0 Å². The Morgan fingerprint density at radius 1 is 1.27 bits per heavy atom. The summed E-state index contributed by atoms with van der Waals surface area (Å²) in [6.07, 6.45) is 0. The van der Waals surface area contributed by atoms with E-state index in [1.54, 1.807) is 32.9 Å². The minimum absolute atomic E-state index is 0.102. The van der Waals surface area contributed by atoms with Crippen LogP contribution >= 0.6 is 0 Å². The van der Waals surface area contributed by atoms with E-state index in [2.05, 4.69) is 10.5 Å². The van der Waals surface area contributed by atoms with Crippen LogP contribution in [0, 0.1) is 24.0 Å². The van der Waals surface area contributed by atoms with E-state index in [9.17, 15) is 14.9 Å². The number of nitrogens with zero attached hydrogens (tertiary/aromatic N) is 2. The van der Waals surface area contributed by atoms with E-state index < -0.39 is 10.8 Å². The van der Waals surface area contributed by atoms with Crippen molar-refractivity contribution in [1.29, 1.82) is 0 Å². The third-order valence-corrected chi connectivity index (χ3v) is 3.09. The molecule has 0 saturated heterocycles. The minimum Gasteiger partial charge on any atom is -0.460 e. The Balaban J connectivity index is 2.16. The molecule has 2 rings (SSSR count). The molecule has 0 radical (unpaired) electrons. The molecular formula is C15H15N3O4. The third kappa shape index (κ3) is 3.38. The van der Waals surface area contributed by atoms with Crippen molar-refractivity contribution in [2.45, 2.75) is 20.8 Å². The smallest absolute Gasteiger partial charge is 0.273 e. The van der Waals surface area contributed by atoms with E-state index in [-0.39, 0.29) is 11.3 Å². The maximum absolute atomic E-state index is 12.0. The van der Waals surface area contributed by atoms with E-state index >= 15 is 0 Å². The number of nitrogens with one attached hydrogen (secondary N) is 1. The van der Waals surface area contributed by atoms with Crippen molar-refractivity contribution in [2.75, 3.05) is 0 Å². The topological polar surface area (TPSA) is 97.7 Å².